The van der Waals surface area contributed by atoms with Gasteiger partial charge in [-0.1, -0.05) is 17.2 Å². The predicted molar refractivity (Wildman–Crippen MR) is 59.9 cm³/mol. The Morgan fingerprint density at radius 1 is 1.24 bits per heavy atom. The molecule has 0 aromatic heterocycles. The van der Waals surface area contributed by atoms with Crippen molar-refractivity contribution in [2.45, 2.75) is 26.9 Å². The standard InChI is InChI=1S/C13H13F3O/c1-8(2)6-12(17)10-7-9(3)4-5-11(10)13(14,15)16/h4-7H,1-3H3. The van der Waals surface area contributed by atoms with E-state index in [2.05, 4.69) is 0 Å². The maximum Gasteiger partial charge on any atom is 0.417 e. The molecule has 0 spiro atoms. The molecule has 0 radical (unpaired) electrons. The molecule has 0 saturated carbocycles. The van der Waals surface area contributed by atoms with Crippen molar-refractivity contribution in [1.29, 1.82) is 0 Å². The van der Waals surface area contributed by atoms with Gasteiger partial charge in [0.1, 0.15) is 0 Å². The van der Waals surface area contributed by atoms with E-state index in [1.807, 2.05) is 0 Å². The summed E-state index contributed by atoms with van der Waals surface area (Å²) in [5.41, 5.74) is 0.123. The molecule has 0 saturated heterocycles. The molecule has 0 N–H and O–H groups in total. The molecule has 0 fully saturated rings. The Balaban J connectivity index is 3.35. The number of alkyl halides is 3. The summed E-state index contributed by atoms with van der Waals surface area (Å²) >= 11 is 0. The van der Waals surface area contributed by atoms with Crippen LogP contribution in [0.4, 0.5) is 13.2 Å². The van der Waals surface area contributed by atoms with Crippen molar-refractivity contribution in [3.8, 4) is 0 Å². The van der Waals surface area contributed by atoms with Crippen molar-refractivity contribution in [3.63, 3.8) is 0 Å². The minimum absolute atomic E-state index is 0.293. The third-order valence-electron chi connectivity index (χ3n) is 2.17. The van der Waals surface area contributed by atoms with Crippen LogP contribution < -0.4 is 0 Å². The lowest BCUT2D eigenvalue weighted by atomic mass is 9.99. The highest BCUT2D eigenvalue weighted by Gasteiger charge is 2.34. The molecule has 0 aliphatic heterocycles. The Labute approximate surface area is 98.0 Å². The predicted octanol–water partition coefficient (Wildman–Crippen LogP) is 4.16. The Hall–Kier alpha value is -1.58. The minimum Gasteiger partial charge on any atom is -0.289 e. The van der Waals surface area contributed by atoms with Crippen LogP contribution in [-0.2, 0) is 6.18 Å². The zero-order chi connectivity index (χ0) is 13.2. The molecular weight excluding hydrogens is 229 g/mol. The molecule has 0 unspecified atom stereocenters. The number of benzene rings is 1. The number of hydrogen-bond acceptors (Lipinski definition) is 1. The lowest BCUT2D eigenvalue weighted by molar-refractivity contribution is -0.137. The Kier molecular flexibility index (Phi) is 3.76. The summed E-state index contributed by atoms with van der Waals surface area (Å²) in [6, 6.07) is 3.56. The number of allylic oxidation sites excluding steroid dienone is 2. The minimum atomic E-state index is -4.51. The van der Waals surface area contributed by atoms with Gasteiger partial charge in [-0.25, -0.2) is 0 Å². The van der Waals surface area contributed by atoms with E-state index in [4.69, 9.17) is 0 Å². The number of hydrogen-bond donors (Lipinski definition) is 0. The number of ketones is 1. The molecule has 92 valence electrons. The number of aryl methyl sites for hydroxylation is 1. The number of halogens is 3. The molecule has 1 nitrogen and oxygen atoms in total. The van der Waals surface area contributed by atoms with Crippen LogP contribution in [0.25, 0.3) is 0 Å². The maximum absolute atomic E-state index is 12.7. The fourth-order valence-electron chi connectivity index (χ4n) is 1.45. The van der Waals surface area contributed by atoms with Gasteiger partial charge in [-0.15, -0.1) is 0 Å². The van der Waals surface area contributed by atoms with Crippen molar-refractivity contribution in [3.05, 3.63) is 46.5 Å². The quantitative estimate of drug-likeness (QED) is 0.562. The van der Waals surface area contributed by atoms with Gasteiger partial charge in [0.15, 0.2) is 5.78 Å². The van der Waals surface area contributed by atoms with E-state index in [0.29, 0.717) is 11.1 Å². The molecule has 0 atom stereocenters. The summed E-state index contributed by atoms with van der Waals surface area (Å²) in [5, 5.41) is 0. The summed E-state index contributed by atoms with van der Waals surface area (Å²) in [7, 11) is 0. The molecule has 17 heavy (non-hydrogen) atoms. The lowest BCUT2D eigenvalue weighted by Gasteiger charge is -2.11. The Bertz CT molecular complexity index is 466. The van der Waals surface area contributed by atoms with E-state index < -0.39 is 17.5 Å². The third kappa shape index (κ3) is 3.44. The molecule has 0 heterocycles. The fourth-order valence-corrected chi connectivity index (χ4v) is 1.45. The van der Waals surface area contributed by atoms with Gasteiger partial charge in [0.2, 0.25) is 0 Å². The van der Waals surface area contributed by atoms with Gasteiger partial charge >= 0.3 is 6.18 Å². The highest BCUT2D eigenvalue weighted by atomic mass is 19.4. The zero-order valence-electron chi connectivity index (χ0n) is 9.85. The first-order valence-electron chi connectivity index (χ1n) is 5.09. The van der Waals surface area contributed by atoms with Gasteiger partial charge < -0.3 is 0 Å². The fraction of sp³-hybridized carbons (Fsp3) is 0.308. The van der Waals surface area contributed by atoms with Gasteiger partial charge in [-0.05, 0) is 39.0 Å². The summed E-state index contributed by atoms with van der Waals surface area (Å²) < 4.78 is 38.1. The van der Waals surface area contributed by atoms with Gasteiger partial charge in [-0.3, -0.25) is 4.79 Å². The first-order valence-corrected chi connectivity index (χ1v) is 5.09. The van der Waals surface area contributed by atoms with Gasteiger partial charge in [-0.2, -0.15) is 13.2 Å². The molecule has 0 amide bonds. The molecule has 0 aliphatic rings. The van der Waals surface area contributed by atoms with Crippen molar-refractivity contribution in [2.24, 2.45) is 0 Å². The molecule has 0 aliphatic carbocycles. The van der Waals surface area contributed by atoms with Crippen LogP contribution in [0.15, 0.2) is 29.8 Å². The van der Waals surface area contributed by atoms with Crippen LogP contribution >= 0.6 is 0 Å². The average molecular weight is 242 g/mol. The Morgan fingerprint density at radius 3 is 2.29 bits per heavy atom. The van der Waals surface area contributed by atoms with E-state index in [1.165, 1.54) is 18.2 Å². The van der Waals surface area contributed by atoms with E-state index in [1.54, 1.807) is 20.8 Å². The van der Waals surface area contributed by atoms with Crippen LogP contribution in [0.1, 0.15) is 35.3 Å². The van der Waals surface area contributed by atoms with Gasteiger partial charge in [0.05, 0.1) is 5.56 Å². The van der Waals surface area contributed by atoms with Crippen molar-refractivity contribution in [1.82, 2.24) is 0 Å². The average Bonchev–Trinajstić information content (AvgIpc) is 2.14. The normalized spacial score (nSPS) is 11.2. The molecule has 0 bridgehead atoms. The van der Waals surface area contributed by atoms with Crippen molar-refractivity contribution < 1.29 is 18.0 Å². The summed E-state index contributed by atoms with van der Waals surface area (Å²) in [4.78, 5) is 11.7. The molecule has 1 aromatic rings. The summed E-state index contributed by atoms with van der Waals surface area (Å²) in [5.74, 6) is -0.610. The molecular formula is C13H13F3O. The monoisotopic (exact) mass is 242 g/mol. The van der Waals surface area contributed by atoms with E-state index in [0.717, 1.165) is 6.07 Å². The van der Waals surface area contributed by atoms with Gasteiger partial charge in [0.25, 0.3) is 0 Å². The second-order valence-electron chi connectivity index (χ2n) is 4.13. The second-order valence-corrected chi connectivity index (χ2v) is 4.13. The van der Waals surface area contributed by atoms with E-state index >= 15 is 0 Å². The Morgan fingerprint density at radius 2 is 1.82 bits per heavy atom. The topological polar surface area (TPSA) is 17.1 Å². The second kappa shape index (κ2) is 4.73. The molecule has 4 heteroatoms. The molecule has 1 aromatic carbocycles. The van der Waals surface area contributed by atoms with Crippen LogP contribution in [-0.4, -0.2) is 5.78 Å². The largest absolute Gasteiger partial charge is 0.417 e. The highest BCUT2D eigenvalue weighted by molar-refractivity contribution is 6.06. The summed E-state index contributed by atoms with van der Waals surface area (Å²) in [6.07, 6.45) is -3.29. The molecule has 1 rings (SSSR count). The van der Waals surface area contributed by atoms with Gasteiger partial charge in [0, 0.05) is 5.56 Å². The summed E-state index contributed by atoms with van der Waals surface area (Å²) in [6.45, 7) is 4.99. The number of carbonyl (C=O) groups excluding carboxylic acids is 1. The van der Waals surface area contributed by atoms with Crippen LogP contribution in [0.3, 0.4) is 0 Å². The maximum atomic E-state index is 12.7. The zero-order valence-corrected chi connectivity index (χ0v) is 9.85. The third-order valence-corrected chi connectivity index (χ3v) is 2.17. The lowest BCUT2D eigenvalue weighted by Crippen LogP contribution is -2.12. The smallest absolute Gasteiger partial charge is 0.289 e. The van der Waals surface area contributed by atoms with Crippen molar-refractivity contribution >= 4 is 5.78 Å². The van der Waals surface area contributed by atoms with Crippen molar-refractivity contribution in [2.75, 3.05) is 0 Å². The number of rotatable bonds is 2. The highest BCUT2D eigenvalue weighted by Crippen LogP contribution is 2.32. The van der Waals surface area contributed by atoms with E-state index in [-0.39, 0.29) is 5.56 Å². The van der Waals surface area contributed by atoms with Crippen LogP contribution in [0.5, 0.6) is 0 Å². The van der Waals surface area contributed by atoms with E-state index in [9.17, 15) is 18.0 Å². The first-order chi connectivity index (χ1) is 7.71. The number of carbonyl (C=O) groups is 1. The SMILES string of the molecule is CC(C)=CC(=O)c1cc(C)ccc1C(F)(F)F. The van der Waals surface area contributed by atoms with Crippen LogP contribution in [0.2, 0.25) is 0 Å². The first kappa shape index (κ1) is 13.5. The van der Waals surface area contributed by atoms with Crippen LogP contribution in [0, 0.1) is 6.92 Å².